The zero-order chi connectivity index (χ0) is 8.72. The normalized spacial score (nSPS) is 40.3. The molecule has 0 N–H and O–H groups in total. The van der Waals surface area contributed by atoms with Crippen molar-refractivity contribution in [3.63, 3.8) is 0 Å². The molecule has 1 heterocycles. The SMILES string of the molecule is CC1=C[C@@H]2OC(=O)[C@H](C)[C@@H]2CC1. The van der Waals surface area contributed by atoms with E-state index in [2.05, 4.69) is 13.0 Å². The van der Waals surface area contributed by atoms with Crippen LogP contribution in [-0.2, 0) is 9.53 Å². The Kier molecular flexibility index (Phi) is 1.71. The van der Waals surface area contributed by atoms with E-state index in [0.717, 1.165) is 12.8 Å². The predicted molar refractivity (Wildman–Crippen MR) is 45.5 cm³/mol. The number of hydrogen-bond donors (Lipinski definition) is 0. The fourth-order valence-electron chi connectivity index (χ4n) is 2.12. The Hall–Kier alpha value is -0.790. The smallest absolute Gasteiger partial charge is 0.309 e. The molecule has 3 atom stereocenters. The van der Waals surface area contributed by atoms with Crippen molar-refractivity contribution in [1.29, 1.82) is 0 Å². The van der Waals surface area contributed by atoms with Gasteiger partial charge in [-0.1, -0.05) is 12.5 Å². The monoisotopic (exact) mass is 166 g/mol. The summed E-state index contributed by atoms with van der Waals surface area (Å²) in [5.74, 6) is 0.538. The van der Waals surface area contributed by atoms with E-state index in [0.29, 0.717) is 5.92 Å². The quantitative estimate of drug-likeness (QED) is 0.406. The minimum atomic E-state index is -0.0176. The maximum absolute atomic E-state index is 11.2. The summed E-state index contributed by atoms with van der Waals surface area (Å²) in [6.45, 7) is 4.08. The molecule has 0 unspecified atom stereocenters. The Labute approximate surface area is 72.6 Å². The Morgan fingerprint density at radius 3 is 3.08 bits per heavy atom. The van der Waals surface area contributed by atoms with E-state index >= 15 is 0 Å². The minimum absolute atomic E-state index is 0.0176. The third-order valence-corrected chi connectivity index (χ3v) is 3.01. The number of fused-ring (bicyclic) bond motifs is 1. The van der Waals surface area contributed by atoms with Crippen molar-refractivity contribution in [2.45, 2.75) is 32.8 Å². The molecule has 1 fully saturated rings. The molecule has 0 bridgehead atoms. The highest BCUT2D eigenvalue weighted by atomic mass is 16.6. The second-order valence-electron chi connectivity index (χ2n) is 3.91. The number of esters is 1. The standard InChI is InChI=1S/C10H14O2/c1-6-3-4-8-7(2)10(11)12-9(8)5-6/h5,7-9H,3-4H2,1-2H3/t7-,8+,9+/m1/s1. The lowest BCUT2D eigenvalue weighted by Crippen LogP contribution is -2.21. The van der Waals surface area contributed by atoms with Crippen molar-refractivity contribution in [3.8, 4) is 0 Å². The van der Waals surface area contributed by atoms with Crippen molar-refractivity contribution < 1.29 is 9.53 Å². The maximum atomic E-state index is 11.2. The third-order valence-electron chi connectivity index (χ3n) is 3.01. The number of allylic oxidation sites excluding steroid dienone is 1. The van der Waals surface area contributed by atoms with Crippen LogP contribution < -0.4 is 0 Å². The van der Waals surface area contributed by atoms with E-state index in [1.165, 1.54) is 5.57 Å². The zero-order valence-electron chi connectivity index (χ0n) is 7.54. The zero-order valence-corrected chi connectivity index (χ0v) is 7.54. The molecule has 2 rings (SSSR count). The molecule has 0 radical (unpaired) electrons. The Bertz CT molecular complexity index is 242. The van der Waals surface area contributed by atoms with E-state index < -0.39 is 0 Å². The summed E-state index contributed by atoms with van der Waals surface area (Å²) in [7, 11) is 0. The van der Waals surface area contributed by atoms with Gasteiger partial charge in [-0.3, -0.25) is 4.79 Å². The second-order valence-corrected chi connectivity index (χ2v) is 3.91. The first-order chi connectivity index (χ1) is 5.68. The molecule has 0 spiro atoms. The molecule has 2 heteroatoms. The van der Waals surface area contributed by atoms with Gasteiger partial charge in [0.25, 0.3) is 0 Å². The van der Waals surface area contributed by atoms with Crippen LogP contribution in [-0.4, -0.2) is 12.1 Å². The van der Waals surface area contributed by atoms with E-state index in [1.807, 2.05) is 6.92 Å². The largest absolute Gasteiger partial charge is 0.458 e. The molecule has 0 aromatic heterocycles. The summed E-state index contributed by atoms with van der Waals surface area (Å²) in [6, 6.07) is 0. The highest BCUT2D eigenvalue weighted by molar-refractivity contribution is 5.75. The Balaban J connectivity index is 2.22. The average molecular weight is 166 g/mol. The van der Waals surface area contributed by atoms with Gasteiger partial charge in [0.15, 0.2) is 0 Å². The van der Waals surface area contributed by atoms with E-state index in [1.54, 1.807) is 0 Å². The van der Waals surface area contributed by atoms with Crippen LogP contribution in [0.2, 0.25) is 0 Å². The summed E-state index contributed by atoms with van der Waals surface area (Å²) in [4.78, 5) is 11.2. The molecule has 12 heavy (non-hydrogen) atoms. The van der Waals surface area contributed by atoms with Gasteiger partial charge in [-0.2, -0.15) is 0 Å². The van der Waals surface area contributed by atoms with Gasteiger partial charge in [0.1, 0.15) is 6.10 Å². The van der Waals surface area contributed by atoms with E-state index in [-0.39, 0.29) is 18.0 Å². The molecule has 0 aromatic carbocycles. The number of carbonyl (C=O) groups excluding carboxylic acids is 1. The van der Waals surface area contributed by atoms with Crippen LogP contribution in [0.4, 0.5) is 0 Å². The van der Waals surface area contributed by atoms with Crippen molar-refractivity contribution in [2.24, 2.45) is 11.8 Å². The molecule has 0 aromatic rings. The summed E-state index contributed by atoms with van der Waals surface area (Å²) in [5, 5.41) is 0. The van der Waals surface area contributed by atoms with Gasteiger partial charge in [-0.05, 0) is 25.8 Å². The number of hydrogen-bond acceptors (Lipinski definition) is 2. The maximum Gasteiger partial charge on any atom is 0.309 e. The first kappa shape index (κ1) is 7.84. The van der Waals surface area contributed by atoms with E-state index in [4.69, 9.17) is 4.74 Å². The summed E-state index contributed by atoms with van der Waals surface area (Å²) in [5.41, 5.74) is 1.36. The molecular weight excluding hydrogens is 152 g/mol. The lowest BCUT2D eigenvalue weighted by Gasteiger charge is -2.22. The van der Waals surface area contributed by atoms with Crippen molar-refractivity contribution in [3.05, 3.63) is 11.6 Å². The Morgan fingerprint density at radius 1 is 1.58 bits per heavy atom. The number of ether oxygens (including phenoxy) is 1. The van der Waals surface area contributed by atoms with Crippen LogP contribution in [0.3, 0.4) is 0 Å². The molecule has 0 saturated carbocycles. The lowest BCUT2D eigenvalue weighted by molar-refractivity contribution is -0.142. The third kappa shape index (κ3) is 1.06. The first-order valence-electron chi connectivity index (χ1n) is 4.56. The van der Waals surface area contributed by atoms with Gasteiger partial charge in [0.05, 0.1) is 5.92 Å². The molecule has 1 saturated heterocycles. The van der Waals surface area contributed by atoms with Crippen LogP contribution in [0, 0.1) is 11.8 Å². The summed E-state index contributed by atoms with van der Waals surface area (Å²) in [6.07, 6.45) is 4.43. The fraction of sp³-hybridized carbons (Fsp3) is 0.700. The molecule has 2 aliphatic rings. The average Bonchev–Trinajstić information content (AvgIpc) is 2.28. The topological polar surface area (TPSA) is 26.3 Å². The van der Waals surface area contributed by atoms with Gasteiger partial charge in [-0.25, -0.2) is 0 Å². The Morgan fingerprint density at radius 2 is 2.33 bits per heavy atom. The predicted octanol–water partition coefficient (Wildman–Crippen LogP) is 1.90. The van der Waals surface area contributed by atoms with Gasteiger partial charge in [0.2, 0.25) is 0 Å². The molecule has 66 valence electrons. The number of rotatable bonds is 0. The van der Waals surface area contributed by atoms with Gasteiger partial charge < -0.3 is 4.74 Å². The van der Waals surface area contributed by atoms with Crippen LogP contribution in [0.25, 0.3) is 0 Å². The minimum Gasteiger partial charge on any atom is -0.458 e. The van der Waals surface area contributed by atoms with Crippen LogP contribution in [0.1, 0.15) is 26.7 Å². The number of carbonyl (C=O) groups is 1. The molecule has 0 amide bonds. The molecule has 1 aliphatic carbocycles. The fourth-order valence-corrected chi connectivity index (χ4v) is 2.12. The van der Waals surface area contributed by atoms with Gasteiger partial charge in [-0.15, -0.1) is 0 Å². The highest BCUT2D eigenvalue weighted by Crippen LogP contribution is 2.37. The highest BCUT2D eigenvalue weighted by Gasteiger charge is 2.41. The van der Waals surface area contributed by atoms with Crippen LogP contribution in [0.15, 0.2) is 11.6 Å². The van der Waals surface area contributed by atoms with Crippen LogP contribution >= 0.6 is 0 Å². The van der Waals surface area contributed by atoms with Crippen molar-refractivity contribution in [1.82, 2.24) is 0 Å². The second kappa shape index (κ2) is 2.61. The lowest BCUT2D eigenvalue weighted by atomic mass is 9.82. The van der Waals surface area contributed by atoms with E-state index in [9.17, 15) is 4.79 Å². The molecular formula is C10H14O2. The molecule has 1 aliphatic heterocycles. The van der Waals surface area contributed by atoms with Crippen molar-refractivity contribution in [2.75, 3.05) is 0 Å². The van der Waals surface area contributed by atoms with Gasteiger partial charge in [0, 0.05) is 5.92 Å². The van der Waals surface area contributed by atoms with Crippen LogP contribution in [0.5, 0.6) is 0 Å². The summed E-state index contributed by atoms with van der Waals surface area (Å²) >= 11 is 0. The van der Waals surface area contributed by atoms with Gasteiger partial charge >= 0.3 is 5.97 Å². The first-order valence-corrected chi connectivity index (χ1v) is 4.56. The molecule has 2 nitrogen and oxygen atoms in total. The van der Waals surface area contributed by atoms with Crippen molar-refractivity contribution >= 4 is 5.97 Å². The summed E-state index contributed by atoms with van der Waals surface area (Å²) < 4.78 is 5.23.